The second kappa shape index (κ2) is 7.51. The smallest absolute Gasteiger partial charge is 0.243 e. The highest BCUT2D eigenvalue weighted by molar-refractivity contribution is 7.09. The molecule has 7 heteroatoms. The summed E-state index contributed by atoms with van der Waals surface area (Å²) in [6, 6.07) is 0.191. The first-order valence-corrected chi connectivity index (χ1v) is 9.23. The predicted molar refractivity (Wildman–Crippen MR) is 90.4 cm³/mol. The minimum atomic E-state index is 0.191. The molecule has 6 nitrogen and oxygen atoms in total. The van der Waals surface area contributed by atoms with Gasteiger partial charge in [-0.25, -0.2) is 4.98 Å². The minimum absolute atomic E-state index is 0.191. The molecule has 3 rings (SSSR count). The van der Waals surface area contributed by atoms with Gasteiger partial charge in [0, 0.05) is 44.5 Å². The number of aryl methyl sites for hydroxylation is 2. The van der Waals surface area contributed by atoms with E-state index in [1.165, 1.54) is 5.69 Å². The van der Waals surface area contributed by atoms with Gasteiger partial charge in [-0.1, -0.05) is 12.1 Å². The molecule has 2 aromatic rings. The molecule has 0 aliphatic carbocycles. The molecule has 0 N–H and O–H groups in total. The predicted octanol–water partition coefficient (Wildman–Crippen LogP) is 2.67. The normalized spacial score (nSPS) is 18.4. The van der Waals surface area contributed by atoms with Crippen LogP contribution in [0.15, 0.2) is 9.90 Å². The lowest BCUT2D eigenvalue weighted by molar-refractivity contribution is 0.0839. The molecule has 1 atom stereocenters. The third-order valence-corrected chi connectivity index (χ3v) is 5.14. The van der Waals surface area contributed by atoms with Crippen molar-refractivity contribution in [2.45, 2.75) is 46.2 Å². The standard InChI is InChI=1S/C16H25N5OS/c1-4-5-15-18-16(22-19-15)12(2)21-8-6-20(7-9-21)10-14-11-23-13(3)17-14/h11-12H,4-10H2,1-3H3/t12-/m1/s1. The van der Waals surface area contributed by atoms with Gasteiger partial charge in [0.1, 0.15) is 0 Å². The highest BCUT2D eigenvalue weighted by atomic mass is 32.1. The molecule has 126 valence electrons. The van der Waals surface area contributed by atoms with E-state index in [0.717, 1.165) is 62.3 Å². The molecule has 0 spiro atoms. The van der Waals surface area contributed by atoms with Gasteiger partial charge in [0.2, 0.25) is 5.89 Å². The molecule has 2 aromatic heterocycles. The van der Waals surface area contributed by atoms with Crippen molar-refractivity contribution in [3.05, 3.63) is 27.8 Å². The molecule has 3 heterocycles. The number of aromatic nitrogens is 3. The zero-order chi connectivity index (χ0) is 16.2. The van der Waals surface area contributed by atoms with Gasteiger partial charge in [0.15, 0.2) is 5.82 Å². The highest BCUT2D eigenvalue weighted by Crippen LogP contribution is 2.21. The quantitative estimate of drug-likeness (QED) is 0.809. The molecular weight excluding hydrogens is 310 g/mol. The van der Waals surface area contributed by atoms with Crippen molar-refractivity contribution >= 4 is 11.3 Å². The van der Waals surface area contributed by atoms with Gasteiger partial charge in [-0.2, -0.15) is 4.98 Å². The molecule has 0 bridgehead atoms. The van der Waals surface area contributed by atoms with E-state index in [9.17, 15) is 0 Å². The van der Waals surface area contributed by atoms with Crippen LogP contribution in [0.25, 0.3) is 0 Å². The average molecular weight is 335 g/mol. The zero-order valence-corrected chi connectivity index (χ0v) is 15.0. The Bertz CT molecular complexity index is 618. The number of hydrogen-bond acceptors (Lipinski definition) is 7. The van der Waals surface area contributed by atoms with Crippen molar-refractivity contribution in [3.63, 3.8) is 0 Å². The first-order valence-electron chi connectivity index (χ1n) is 8.35. The number of rotatable bonds is 6. The van der Waals surface area contributed by atoms with Crippen molar-refractivity contribution in [2.75, 3.05) is 26.2 Å². The summed E-state index contributed by atoms with van der Waals surface area (Å²) in [6.45, 7) is 11.4. The van der Waals surface area contributed by atoms with E-state index >= 15 is 0 Å². The van der Waals surface area contributed by atoms with E-state index in [4.69, 9.17) is 4.52 Å². The van der Waals surface area contributed by atoms with Crippen molar-refractivity contribution < 1.29 is 4.52 Å². The van der Waals surface area contributed by atoms with Gasteiger partial charge in [-0.3, -0.25) is 9.80 Å². The fourth-order valence-corrected chi connectivity index (χ4v) is 3.54. The summed E-state index contributed by atoms with van der Waals surface area (Å²) in [7, 11) is 0. The van der Waals surface area contributed by atoms with E-state index in [0.29, 0.717) is 0 Å². The van der Waals surface area contributed by atoms with Gasteiger partial charge >= 0.3 is 0 Å². The molecule has 0 aromatic carbocycles. The lowest BCUT2D eigenvalue weighted by atomic mass is 10.2. The Kier molecular flexibility index (Phi) is 5.40. The largest absolute Gasteiger partial charge is 0.338 e. The summed E-state index contributed by atoms with van der Waals surface area (Å²) >= 11 is 1.73. The van der Waals surface area contributed by atoms with Crippen LogP contribution in [0, 0.1) is 6.92 Å². The summed E-state index contributed by atoms with van der Waals surface area (Å²) < 4.78 is 5.43. The van der Waals surface area contributed by atoms with Crippen LogP contribution in [-0.4, -0.2) is 51.1 Å². The van der Waals surface area contributed by atoms with Crippen LogP contribution in [0.3, 0.4) is 0 Å². The monoisotopic (exact) mass is 335 g/mol. The van der Waals surface area contributed by atoms with Crippen LogP contribution >= 0.6 is 11.3 Å². The zero-order valence-electron chi connectivity index (χ0n) is 14.2. The van der Waals surface area contributed by atoms with Crippen molar-refractivity contribution in [3.8, 4) is 0 Å². The van der Waals surface area contributed by atoms with Crippen LogP contribution in [0.4, 0.5) is 0 Å². The molecule has 1 saturated heterocycles. The molecule has 0 radical (unpaired) electrons. The second-order valence-electron chi connectivity index (χ2n) is 6.14. The molecule has 0 amide bonds. The third kappa shape index (κ3) is 4.16. The van der Waals surface area contributed by atoms with E-state index in [1.54, 1.807) is 11.3 Å². The number of nitrogens with zero attached hydrogens (tertiary/aromatic N) is 5. The minimum Gasteiger partial charge on any atom is -0.338 e. The maximum atomic E-state index is 5.43. The molecule has 0 unspecified atom stereocenters. The first-order chi connectivity index (χ1) is 11.2. The molecule has 1 aliphatic rings. The maximum Gasteiger partial charge on any atom is 0.243 e. The Balaban J connectivity index is 1.51. The summed E-state index contributed by atoms with van der Waals surface area (Å²) in [5.41, 5.74) is 1.19. The molecular formula is C16H25N5OS. The Labute approximate surface area is 141 Å². The first kappa shape index (κ1) is 16.5. The van der Waals surface area contributed by atoms with Crippen LogP contribution in [-0.2, 0) is 13.0 Å². The van der Waals surface area contributed by atoms with Crippen molar-refractivity contribution in [1.82, 2.24) is 24.9 Å². The van der Waals surface area contributed by atoms with Crippen molar-refractivity contribution in [2.24, 2.45) is 0 Å². The number of hydrogen-bond donors (Lipinski definition) is 0. The Hall–Kier alpha value is -1.31. The van der Waals surface area contributed by atoms with Crippen LogP contribution in [0.1, 0.15) is 48.7 Å². The van der Waals surface area contributed by atoms with E-state index < -0.39 is 0 Å². The molecule has 1 aliphatic heterocycles. The van der Waals surface area contributed by atoms with Crippen LogP contribution < -0.4 is 0 Å². The Morgan fingerprint density at radius 1 is 1.26 bits per heavy atom. The summed E-state index contributed by atoms with van der Waals surface area (Å²) in [6.07, 6.45) is 1.93. The molecule has 1 fully saturated rings. The van der Waals surface area contributed by atoms with Gasteiger partial charge in [0.05, 0.1) is 16.7 Å². The van der Waals surface area contributed by atoms with E-state index in [1.807, 2.05) is 0 Å². The van der Waals surface area contributed by atoms with Crippen molar-refractivity contribution in [1.29, 1.82) is 0 Å². The second-order valence-corrected chi connectivity index (χ2v) is 7.21. The van der Waals surface area contributed by atoms with Gasteiger partial charge in [0.25, 0.3) is 0 Å². The number of thiazole rings is 1. The lowest BCUT2D eigenvalue weighted by Gasteiger charge is -2.36. The van der Waals surface area contributed by atoms with E-state index in [2.05, 4.69) is 51.1 Å². The number of piperazine rings is 1. The molecule has 0 saturated carbocycles. The van der Waals surface area contributed by atoms with E-state index in [-0.39, 0.29) is 6.04 Å². The molecule has 23 heavy (non-hydrogen) atoms. The third-order valence-electron chi connectivity index (χ3n) is 4.32. The fraction of sp³-hybridized carbons (Fsp3) is 0.688. The van der Waals surface area contributed by atoms with Crippen LogP contribution in [0.5, 0.6) is 0 Å². The van der Waals surface area contributed by atoms with Gasteiger partial charge in [-0.15, -0.1) is 11.3 Å². The lowest BCUT2D eigenvalue weighted by Crippen LogP contribution is -2.46. The fourth-order valence-electron chi connectivity index (χ4n) is 2.94. The SMILES string of the molecule is CCCc1noc([C@@H](C)N2CCN(Cc3csc(C)n3)CC2)n1. The maximum absolute atomic E-state index is 5.43. The Morgan fingerprint density at radius 3 is 2.70 bits per heavy atom. The topological polar surface area (TPSA) is 58.3 Å². The summed E-state index contributed by atoms with van der Waals surface area (Å²) in [5, 5.41) is 7.37. The van der Waals surface area contributed by atoms with Gasteiger partial charge in [-0.05, 0) is 20.3 Å². The van der Waals surface area contributed by atoms with Crippen LogP contribution in [0.2, 0.25) is 0 Å². The Morgan fingerprint density at radius 2 is 2.04 bits per heavy atom. The average Bonchev–Trinajstić information content (AvgIpc) is 3.17. The van der Waals surface area contributed by atoms with Gasteiger partial charge < -0.3 is 4.52 Å². The highest BCUT2D eigenvalue weighted by Gasteiger charge is 2.25. The summed E-state index contributed by atoms with van der Waals surface area (Å²) in [5.74, 6) is 1.57. The summed E-state index contributed by atoms with van der Waals surface area (Å²) in [4.78, 5) is 14.0.